The van der Waals surface area contributed by atoms with Crippen molar-refractivity contribution >= 4 is 5.91 Å². The molecule has 0 aliphatic carbocycles. The molecule has 2 atom stereocenters. The zero-order chi connectivity index (χ0) is 14.6. The number of carbonyl (C=O) groups excluding carboxylic acids is 1. The number of aliphatic hydroxyl groups is 2. The van der Waals surface area contributed by atoms with E-state index in [9.17, 15) is 28.2 Å². The van der Waals surface area contributed by atoms with Crippen LogP contribution in [0.25, 0.3) is 0 Å². The molecule has 0 saturated carbocycles. The van der Waals surface area contributed by atoms with Crippen molar-refractivity contribution < 1.29 is 28.2 Å². The monoisotopic (exact) mass is 277 g/mol. The van der Waals surface area contributed by atoms with Crippen LogP contribution in [0.4, 0.5) is 13.2 Å². The van der Waals surface area contributed by atoms with Crippen LogP contribution in [0, 0.1) is 0 Å². The molecule has 4 nitrogen and oxygen atoms in total. The third kappa shape index (κ3) is 4.53. The van der Waals surface area contributed by atoms with Gasteiger partial charge in [0.05, 0.1) is 5.56 Å². The van der Waals surface area contributed by atoms with E-state index in [2.05, 4.69) is 5.32 Å². The van der Waals surface area contributed by atoms with Crippen molar-refractivity contribution in [1.29, 1.82) is 0 Å². The average Bonchev–Trinajstić information content (AvgIpc) is 2.34. The number of rotatable bonds is 4. The zero-order valence-electron chi connectivity index (χ0n) is 10.1. The number of aliphatic hydroxyl groups excluding tert-OH is 2. The smallest absolute Gasteiger partial charge is 0.388 e. The lowest BCUT2D eigenvalue weighted by Gasteiger charge is -2.18. The summed E-state index contributed by atoms with van der Waals surface area (Å²) in [6.07, 6.45) is -7.10. The molecule has 0 aromatic heterocycles. The van der Waals surface area contributed by atoms with E-state index in [1.165, 1.54) is 6.92 Å². The van der Waals surface area contributed by atoms with E-state index in [0.717, 1.165) is 24.3 Å². The molecular weight excluding hydrogens is 263 g/mol. The van der Waals surface area contributed by atoms with Crippen molar-refractivity contribution in [3.05, 3.63) is 35.4 Å². The summed E-state index contributed by atoms with van der Waals surface area (Å²) >= 11 is 0. The Labute approximate surface area is 107 Å². The molecular formula is C12H14F3NO3. The Hall–Kier alpha value is -1.60. The van der Waals surface area contributed by atoms with Crippen LogP contribution in [0.15, 0.2) is 24.3 Å². The predicted molar refractivity (Wildman–Crippen MR) is 61.1 cm³/mol. The highest BCUT2D eigenvalue weighted by molar-refractivity contribution is 5.72. The summed E-state index contributed by atoms with van der Waals surface area (Å²) in [5, 5.41) is 21.6. The fourth-order valence-corrected chi connectivity index (χ4v) is 1.45. The number of halogens is 3. The zero-order valence-corrected chi connectivity index (χ0v) is 10.1. The predicted octanol–water partition coefficient (Wildman–Crippen LogP) is 1.24. The minimum absolute atomic E-state index is 0.144. The van der Waals surface area contributed by atoms with Crippen LogP contribution in [-0.4, -0.2) is 28.8 Å². The molecule has 1 aromatic rings. The molecule has 0 radical (unpaired) electrons. The molecule has 1 amide bonds. The SMILES string of the molecule is CC(=O)NCC(O)C(O)c1ccc(C(F)(F)F)cc1. The Morgan fingerprint density at radius 1 is 1.26 bits per heavy atom. The van der Waals surface area contributed by atoms with E-state index in [0.29, 0.717) is 0 Å². The highest BCUT2D eigenvalue weighted by Crippen LogP contribution is 2.30. The van der Waals surface area contributed by atoms with Gasteiger partial charge in [0.2, 0.25) is 5.91 Å². The Bertz CT molecular complexity index is 431. The maximum atomic E-state index is 12.3. The molecule has 2 unspecified atom stereocenters. The quantitative estimate of drug-likeness (QED) is 0.775. The van der Waals surface area contributed by atoms with Crippen LogP contribution in [-0.2, 0) is 11.0 Å². The Balaban J connectivity index is 2.72. The maximum absolute atomic E-state index is 12.3. The number of alkyl halides is 3. The van der Waals surface area contributed by atoms with Crippen molar-refractivity contribution in [1.82, 2.24) is 5.32 Å². The van der Waals surface area contributed by atoms with E-state index < -0.39 is 23.9 Å². The molecule has 1 rings (SSSR count). The summed E-state index contributed by atoms with van der Waals surface area (Å²) in [5.41, 5.74) is -0.689. The lowest BCUT2D eigenvalue weighted by atomic mass is 10.0. The van der Waals surface area contributed by atoms with Gasteiger partial charge in [-0.1, -0.05) is 12.1 Å². The molecule has 19 heavy (non-hydrogen) atoms. The molecule has 7 heteroatoms. The minimum Gasteiger partial charge on any atom is -0.388 e. The van der Waals surface area contributed by atoms with Gasteiger partial charge in [-0.05, 0) is 17.7 Å². The molecule has 0 fully saturated rings. The van der Waals surface area contributed by atoms with Gasteiger partial charge in [0.1, 0.15) is 12.2 Å². The minimum atomic E-state index is -4.45. The van der Waals surface area contributed by atoms with Gasteiger partial charge in [0.25, 0.3) is 0 Å². The molecule has 0 aliphatic rings. The van der Waals surface area contributed by atoms with Gasteiger partial charge in [-0.25, -0.2) is 0 Å². The van der Waals surface area contributed by atoms with Gasteiger partial charge in [-0.3, -0.25) is 4.79 Å². The van der Waals surface area contributed by atoms with Crippen LogP contribution < -0.4 is 5.32 Å². The van der Waals surface area contributed by atoms with Gasteiger partial charge < -0.3 is 15.5 Å². The number of hydrogen-bond donors (Lipinski definition) is 3. The number of hydrogen-bond acceptors (Lipinski definition) is 3. The molecule has 0 heterocycles. The fourth-order valence-electron chi connectivity index (χ4n) is 1.45. The van der Waals surface area contributed by atoms with Gasteiger partial charge in [-0.2, -0.15) is 13.2 Å². The summed E-state index contributed by atoms with van der Waals surface area (Å²) in [6.45, 7) is 1.06. The Morgan fingerprint density at radius 2 is 1.79 bits per heavy atom. The maximum Gasteiger partial charge on any atom is 0.416 e. The molecule has 1 aromatic carbocycles. The van der Waals surface area contributed by atoms with E-state index in [1.54, 1.807) is 0 Å². The van der Waals surface area contributed by atoms with Crippen LogP contribution in [0.5, 0.6) is 0 Å². The lowest BCUT2D eigenvalue weighted by molar-refractivity contribution is -0.137. The largest absolute Gasteiger partial charge is 0.416 e. The van der Waals surface area contributed by atoms with Gasteiger partial charge in [0.15, 0.2) is 0 Å². The normalized spacial score (nSPS) is 14.8. The van der Waals surface area contributed by atoms with Crippen molar-refractivity contribution in [2.75, 3.05) is 6.54 Å². The first-order valence-electron chi connectivity index (χ1n) is 5.49. The van der Waals surface area contributed by atoms with Crippen LogP contribution in [0.1, 0.15) is 24.2 Å². The second-order valence-electron chi connectivity index (χ2n) is 4.07. The van der Waals surface area contributed by atoms with E-state index in [4.69, 9.17) is 0 Å². The molecule has 0 bridgehead atoms. The standard InChI is InChI=1S/C12H14F3NO3/c1-7(17)16-6-10(18)11(19)8-2-4-9(5-3-8)12(13,14)15/h2-5,10-11,18-19H,6H2,1H3,(H,16,17). The van der Waals surface area contributed by atoms with E-state index in [1.807, 2.05) is 0 Å². The second kappa shape index (κ2) is 6.03. The molecule has 106 valence electrons. The summed E-state index contributed by atoms with van der Waals surface area (Å²) in [4.78, 5) is 10.6. The van der Waals surface area contributed by atoms with Gasteiger partial charge in [0, 0.05) is 13.5 Å². The van der Waals surface area contributed by atoms with Crippen LogP contribution in [0.3, 0.4) is 0 Å². The highest BCUT2D eigenvalue weighted by atomic mass is 19.4. The third-order valence-corrected chi connectivity index (χ3v) is 2.50. The number of carbonyl (C=O) groups is 1. The number of amides is 1. The van der Waals surface area contributed by atoms with Gasteiger partial charge >= 0.3 is 6.18 Å². The topological polar surface area (TPSA) is 69.6 Å². The highest BCUT2D eigenvalue weighted by Gasteiger charge is 2.30. The first kappa shape index (κ1) is 15.5. The Morgan fingerprint density at radius 3 is 2.21 bits per heavy atom. The summed E-state index contributed by atoms with van der Waals surface area (Å²) in [5.74, 6) is -0.376. The first-order chi connectivity index (χ1) is 8.71. The van der Waals surface area contributed by atoms with Crippen molar-refractivity contribution in [3.63, 3.8) is 0 Å². The summed E-state index contributed by atoms with van der Waals surface area (Å²) in [6, 6.07) is 3.82. The summed E-state index contributed by atoms with van der Waals surface area (Å²) < 4.78 is 37.0. The molecule has 0 aliphatic heterocycles. The summed E-state index contributed by atoms with van der Waals surface area (Å²) in [7, 11) is 0. The third-order valence-electron chi connectivity index (χ3n) is 2.50. The first-order valence-corrected chi connectivity index (χ1v) is 5.49. The molecule has 0 saturated heterocycles. The fraction of sp³-hybridized carbons (Fsp3) is 0.417. The number of benzene rings is 1. The van der Waals surface area contributed by atoms with Crippen molar-refractivity contribution in [2.24, 2.45) is 0 Å². The lowest BCUT2D eigenvalue weighted by Crippen LogP contribution is -2.34. The van der Waals surface area contributed by atoms with Crippen LogP contribution in [0.2, 0.25) is 0 Å². The Kier molecular flexibility index (Phi) is 4.90. The number of nitrogens with one attached hydrogen (secondary N) is 1. The van der Waals surface area contributed by atoms with E-state index >= 15 is 0 Å². The van der Waals surface area contributed by atoms with Crippen molar-refractivity contribution in [2.45, 2.75) is 25.3 Å². The average molecular weight is 277 g/mol. The van der Waals surface area contributed by atoms with Gasteiger partial charge in [-0.15, -0.1) is 0 Å². The molecule has 3 N–H and O–H groups in total. The van der Waals surface area contributed by atoms with E-state index in [-0.39, 0.29) is 18.0 Å². The second-order valence-corrected chi connectivity index (χ2v) is 4.07. The van der Waals surface area contributed by atoms with Crippen LogP contribution >= 0.6 is 0 Å². The molecule has 0 spiro atoms. The van der Waals surface area contributed by atoms with Crippen molar-refractivity contribution in [3.8, 4) is 0 Å².